The lowest BCUT2D eigenvalue weighted by molar-refractivity contribution is -0.138. The van der Waals surface area contributed by atoms with Crippen LogP contribution in [0.2, 0.25) is 0 Å². The third kappa shape index (κ3) is 5.26. The van der Waals surface area contributed by atoms with E-state index >= 15 is 0 Å². The summed E-state index contributed by atoms with van der Waals surface area (Å²) >= 11 is 1.05. The van der Waals surface area contributed by atoms with E-state index in [1.54, 1.807) is 4.90 Å². The fraction of sp³-hybridized carbons (Fsp3) is 0.348. The first-order valence-electron chi connectivity index (χ1n) is 9.59. The molecule has 1 saturated heterocycles. The normalized spacial score (nSPS) is 16.6. The Morgan fingerprint density at radius 3 is 2.31 bits per heavy atom. The fourth-order valence-corrected chi connectivity index (χ4v) is 4.20. The molecule has 1 fully saturated rings. The van der Waals surface area contributed by atoms with Crippen molar-refractivity contribution in [3.05, 3.63) is 59.7 Å². The molecule has 1 unspecified atom stereocenters. The fourth-order valence-electron chi connectivity index (χ4n) is 3.34. The largest absolute Gasteiger partial charge is 0.341 e. The van der Waals surface area contributed by atoms with Crippen LogP contribution < -0.4 is 5.32 Å². The van der Waals surface area contributed by atoms with Crippen LogP contribution in [0, 0.1) is 5.41 Å². The zero-order valence-electron chi connectivity index (χ0n) is 17.2. The number of nitrogens with zero attached hydrogens (tertiary/aromatic N) is 1. The molecule has 0 aromatic heterocycles. The van der Waals surface area contributed by atoms with Gasteiger partial charge in [-0.15, -0.1) is 0 Å². The van der Waals surface area contributed by atoms with Crippen molar-refractivity contribution in [2.75, 3.05) is 7.05 Å². The molecule has 0 saturated carbocycles. The van der Waals surface area contributed by atoms with Crippen LogP contribution in [0.15, 0.2) is 48.5 Å². The Balaban J connectivity index is 1.69. The van der Waals surface area contributed by atoms with Crippen molar-refractivity contribution in [1.82, 2.24) is 10.2 Å². The first-order chi connectivity index (χ1) is 13.6. The summed E-state index contributed by atoms with van der Waals surface area (Å²) in [6.07, 6.45) is 0.530. The molecule has 3 rings (SSSR count). The zero-order valence-corrected chi connectivity index (χ0v) is 18.0. The Labute approximate surface area is 175 Å². The molecule has 0 bridgehead atoms. The van der Waals surface area contributed by atoms with E-state index in [1.165, 1.54) is 0 Å². The van der Waals surface area contributed by atoms with Gasteiger partial charge in [-0.05, 0) is 34.7 Å². The van der Waals surface area contributed by atoms with Crippen molar-refractivity contribution in [3.63, 3.8) is 0 Å². The van der Waals surface area contributed by atoms with Gasteiger partial charge in [-0.3, -0.25) is 19.7 Å². The van der Waals surface area contributed by atoms with Crippen molar-refractivity contribution in [3.8, 4) is 11.1 Å². The number of hydrogen-bond donors (Lipinski definition) is 1. The van der Waals surface area contributed by atoms with E-state index in [4.69, 9.17) is 0 Å². The smallest absolute Gasteiger partial charge is 0.286 e. The van der Waals surface area contributed by atoms with E-state index in [0.29, 0.717) is 13.0 Å². The highest BCUT2D eigenvalue weighted by atomic mass is 32.2. The monoisotopic (exact) mass is 410 g/mol. The number of imide groups is 1. The second-order valence-electron chi connectivity index (χ2n) is 8.40. The number of thioether (sulfide) groups is 1. The van der Waals surface area contributed by atoms with Gasteiger partial charge in [0.2, 0.25) is 11.8 Å². The van der Waals surface area contributed by atoms with Crippen molar-refractivity contribution < 1.29 is 14.4 Å². The lowest BCUT2D eigenvalue weighted by Gasteiger charge is -2.26. The van der Waals surface area contributed by atoms with Crippen molar-refractivity contribution in [1.29, 1.82) is 0 Å². The SMILES string of the molecule is CN(Cc1cccc(-c2ccc(CC3SC(=O)NC3=O)cc2)c1)C(=O)C(C)(C)C. The minimum Gasteiger partial charge on any atom is -0.341 e. The molecule has 1 heterocycles. The van der Waals surface area contributed by atoms with Crippen LogP contribution in [0.25, 0.3) is 11.1 Å². The molecule has 6 heteroatoms. The summed E-state index contributed by atoms with van der Waals surface area (Å²) < 4.78 is 0. The quantitative estimate of drug-likeness (QED) is 0.800. The lowest BCUT2D eigenvalue weighted by atomic mass is 9.94. The Morgan fingerprint density at radius 1 is 1.03 bits per heavy atom. The molecule has 1 N–H and O–H groups in total. The average molecular weight is 411 g/mol. The van der Waals surface area contributed by atoms with Gasteiger partial charge in [-0.25, -0.2) is 0 Å². The third-order valence-corrected chi connectivity index (χ3v) is 5.79. The van der Waals surface area contributed by atoms with E-state index in [1.807, 2.05) is 70.3 Å². The minimum absolute atomic E-state index is 0.111. The highest BCUT2D eigenvalue weighted by Crippen LogP contribution is 2.26. The van der Waals surface area contributed by atoms with Gasteiger partial charge < -0.3 is 4.90 Å². The van der Waals surface area contributed by atoms with Crippen molar-refractivity contribution >= 4 is 28.8 Å². The Bertz CT molecular complexity index is 932. The number of carbonyl (C=O) groups is 3. The highest BCUT2D eigenvalue weighted by molar-refractivity contribution is 8.15. The molecule has 1 atom stereocenters. The summed E-state index contributed by atoms with van der Waals surface area (Å²) in [4.78, 5) is 37.2. The van der Waals surface area contributed by atoms with Crippen LogP contribution in [0.5, 0.6) is 0 Å². The van der Waals surface area contributed by atoms with Gasteiger partial charge in [-0.2, -0.15) is 0 Å². The molecular weight excluding hydrogens is 384 g/mol. The lowest BCUT2D eigenvalue weighted by Crippen LogP contribution is -2.36. The van der Waals surface area contributed by atoms with Gasteiger partial charge in [0.15, 0.2) is 0 Å². The van der Waals surface area contributed by atoms with E-state index in [9.17, 15) is 14.4 Å². The number of rotatable bonds is 5. The molecule has 2 aromatic rings. The number of hydrogen-bond acceptors (Lipinski definition) is 4. The van der Waals surface area contributed by atoms with E-state index in [0.717, 1.165) is 34.0 Å². The molecule has 0 spiro atoms. The highest BCUT2D eigenvalue weighted by Gasteiger charge is 2.31. The maximum Gasteiger partial charge on any atom is 0.286 e. The van der Waals surface area contributed by atoms with Gasteiger partial charge in [0, 0.05) is 19.0 Å². The third-order valence-electron chi connectivity index (χ3n) is 4.81. The predicted octanol–water partition coefficient (Wildman–Crippen LogP) is 4.25. The molecule has 1 aliphatic heterocycles. The molecule has 5 nitrogen and oxygen atoms in total. The Hall–Kier alpha value is -2.60. The molecular formula is C23H26N2O3S. The summed E-state index contributed by atoms with van der Waals surface area (Å²) in [6, 6.07) is 16.2. The summed E-state index contributed by atoms with van der Waals surface area (Å²) in [5, 5.41) is 1.69. The average Bonchev–Trinajstić information content (AvgIpc) is 2.98. The second-order valence-corrected chi connectivity index (χ2v) is 9.57. The molecule has 29 heavy (non-hydrogen) atoms. The Morgan fingerprint density at radius 2 is 1.72 bits per heavy atom. The summed E-state index contributed by atoms with van der Waals surface area (Å²) in [5.41, 5.74) is 3.84. The van der Waals surface area contributed by atoms with Gasteiger partial charge in [0.1, 0.15) is 0 Å². The molecule has 1 aliphatic rings. The molecule has 152 valence electrons. The van der Waals surface area contributed by atoms with Gasteiger partial charge in [0.25, 0.3) is 5.24 Å². The van der Waals surface area contributed by atoms with Crippen LogP contribution >= 0.6 is 11.8 Å². The van der Waals surface area contributed by atoms with Gasteiger partial charge >= 0.3 is 0 Å². The van der Waals surface area contributed by atoms with Crippen LogP contribution in [0.4, 0.5) is 4.79 Å². The molecule has 0 aliphatic carbocycles. The van der Waals surface area contributed by atoms with Crippen LogP contribution in [-0.2, 0) is 22.6 Å². The second kappa shape index (κ2) is 8.41. The van der Waals surface area contributed by atoms with Crippen LogP contribution in [-0.4, -0.2) is 34.3 Å². The minimum atomic E-state index is -0.401. The summed E-state index contributed by atoms with van der Waals surface area (Å²) in [5.74, 6) is -0.106. The maximum atomic E-state index is 12.4. The summed E-state index contributed by atoms with van der Waals surface area (Å²) in [7, 11) is 1.83. The van der Waals surface area contributed by atoms with Crippen molar-refractivity contribution in [2.24, 2.45) is 5.41 Å². The van der Waals surface area contributed by atoms with Crippen LogP contribution in [0.1, 0.15) is 31.9 Å². The predicted molar refractivity (Wildman–Crippen MR) is 116 cm³/mol. The first-order valence-corrected chi connectivity index (χ1v) is 10.5. The van der Waals surface area contributed by atoms with Gasteiger partial charge in [-0.1, -0.05) is 75.0 Å². The number of amides is 3. The molecule has 2 aromatic carbocycles. The topological polar surface area (TPSA) is 66.5 Å². The number of carbonyl (C=O) groups excluding carboxylic acids is 3. The molecule has 0 radical (unpaired) electrons. The Kier molecular flexibility index (Phi) is 6.13. The summed E-state index contributed by atoms with van der Waals surface area (Å²) in [6.45, 7) is 6.33. The zero-order chi connectivity index (χ0) is 21.2. The van der Waals surface area contributed by atoms with Gasteiger partial charge in [0.05, 0.1) is 5.25 Å². The van der Waals surface area contributed by atoms with Crippen molar-refractivity contribution in [2.45, 2.75) is 39.0 Å². The number of benzene rings is 2. The van der Waals surface area contributed by atoms with E-state index < -0.39 is 5.41 Å². The maximum absolute atomic E-state index is 12.4. The number of nitrogens with one attached hydrogen (secondary N) is 1. The van der Waals surface area contributed by atoms with Crippen LogP contribution in [0.3, 0.4) is 0 Å². The standard InChI is InChI=1S/C23H26N2O3S/c1-23(2,3)21(27)25(4)14-16-6-5-7-18(12-16)17-10-8-15(9-11-17)13-19-20(26)24-22(28)29-19/h5-12,19H,13-14H2,1-4H3,(H,24,26,28). The van der Waals surface area contributed by atoms with E-state index in [2.05, 4.69) is 11.4 Å². The molecule has 3 amide bonds. The first kappa shape index (κ1) is 21.1. The van der Waals surface area contributed by atoms with E-state index in [-0.39, 0.29) is 22.3 Å².